The van der Waals surface area contributed by atoms with Gasteiger partial charge < -0.3 is 14.3 Å². The number of oxime groups is 1. The number of methoxy groups -OCH3 is 2. The summed E-state index contributed by atoms with van der Waals surface area (Å²) < 4.78 is 9.26. The quantitative estimate of drug-likeness (QED) is 0.463. The number of rotatable bonds is 6. The van der Waals surface area contributed by atoms with E-state index in [1.807, 2.05) is 0 Å². The number of benzene rings is 2. The minimum absolute atomic E-state index is 0.276. The van der Waals surface area contributed by atoms with Gasteiger partial charge in [0.05, 0.1) is 31.6 Å². The van der Waals surface area contributed by atoms with Crippen LogP contribution in [0, 0.1) is 0 Å². The Balaban J connectivity index is 1.86. The molecule has 0 saturated heterocycles. The van der Waals surface area contributed by atoms with Crippen molar-refractivity contribution in [2.24, 2.45) is 5.16 Å². The van der Waals surface area contributed by atoms with Crippen LogP contribution in [0.5, 0.6) is 0 Å². The largest absolute Gasteiger partial charge is 0.465 e. The SMILES string of the molecule is COC(=O)c1ccc(C=NOCc2ccc(C(=O)OC)cc2)cc1. The highest BCUT2D eigenvalue weighted by Gasteiger charge is 2.04. The lowest BCUT2D eigenvalue weighted by molar-refractivity contribution is 0.0591. The molecule has 0 atom stereocenters. The number of carbonyl (C=O) groups is 2. The molecule has 6 nitrogen and oxygen atoms in total. The lowest BCUT2D eigenvalue weighted by atomic mass is 10.1. The maximum Gasteiger partial charge on any atom is 0.337 e. The minimum Gasteiger partial charge on any atom is -0.465 e. The Kier molecular flexibility index (Phi) is 6.08. The number of esters is 2. The van der Waals surface area contributed by atoms with E-state index in [-0.39, 0.29) is 18.5 Å². The first-order valence-corrected chi connectivity index (χ1v) is 7.15. The fourth-order valence-corrected chi connectivity index (χ4v) is 1.89. The molecule has 0 aliphatic heterocycles. The topological polar surface area (TPSA) is 74.2 Å². The summed E-state index contributed by atoms with van der Waals surface area (Å²) in [6, 6.07) is 13.7. The summed E-state index contributed by atoms with van der Waals surface area (Å²) >= 11 is 0. The predicted molar refractivity (Wildman–Crippen MR) is 87.9 cm³/mol. The lowest BCUT2D eigenvalue weighted by Crippen LogP contribution is -2.01. The van der Waals surface area contributed by atoms with Gasteiger partial charge in [0.1, 0.15) is 6.61 Å². The van der Waals surface area contributed by atoms with E-state index in [0.29, 0.717) is 11.1 Å². The molecule has 0 fully saturated rings. The first-order chi connectivity index (χ1) is 11.6. The van der Waals surface area contributed by atoms with Crippen molar-refractivity contribution in [2.45, 2.75) is 6.61 Å². The van der Waals surface area contributed by atoms with E-state index >= 15 is 0 Å². The van der Waals surface area contributed by atoms with Crippen LogP contribution in [-0.2, 0) is 20.9 Å². The van der Waals surface area contributed by atoms with E-state index in [0.717, 1.165) is 11.1 Å². The van der Waals surface area contributed by atoms with E-state index in [1.165, 1.54) is 14.2 Å². The van der Waals surface area contributed by atoms with Gasteiger partial charge in [0.25, 0.3) is 0 Å². The Hall–Kier alpha value is -3.15. The Morgan fingerprint density at radius 3 is 1.88 bits per heavy atom. The second kappa shape index (κ2) is 8.47. The summed E-state index contributed by atoms with van der Waals surface area (Å²) in [7, 11) is 2.68. The first-order valence-electron chi connectivity index (χ1n) is 7.15. The first kappa shape index (κ1) is 17.2. The Bertz CT molecular complexity index is 720. The average Bonchev–Trinajstić information content (AvgIpc) is 2.65. The van der Waals surface area contributed by atoms with Crippen LogP contribution in [0.25, 0.3) is 0 Å². The molecule has 124 valence electrons. The van der Waals surface area contributed by atoms with Gasteiger partial charge in [0.15, 0.2) is 0 Å². The van der Waals surface area contributed by atoms with Crippen molar-refractivity contribution in [3.63, 3.8) is 0 Å². The molecule has 2 aromatic rings. The van der Waals surface area contributed by atoms with Crippen LogP contribution >= 0.6 is 0 Å². The zero-order chi connectivity index (χ0) is 17.4. The standard InChI is InChI=1S/C18H17NO5/c1-22-17(20)15-7-3-13(4-8-15)11-19-24-12-14-5-9-16(10-6-14)18(21)23-2/h3-11H,12H2,1-2H3. The second-order valence-electron chi connectivity index (χ2n) is 4.81. The number of nitrogens with zero attached hydrogens (tertiary/aromatic N) is 1. The van der Waals surface area contributed by atoms with Crippen LogP contribution in [0.15, 0.2) is 53.7 Å². The summed E-state index contributed by atoms with van der Waals surface area (Å²) in [6.45, 7) is 0.276. The van der Waals surface area contributed by atoms with Crippen LogP contribution < -0.4 is 0 Å². The maximum absolute atomic E-state index is 11.3. The molecule has 0 aromatic heterocycles. The van der Waals surface area contributed by atoms with E-state index in [9.17, 15) is 9.59 Å². The summed E-state index contributed by atoms with van der Waals surface area (Å²) in [5.74, 6) is -0.763. The Morgan fingerprint density at radius 2 is 1.38 bits per heavy atom. The number of hydrogen-bond donors (Lipinski definition) is 0. The Labute approximate surface area is 139 Å². The molecule has 0 radical (unpaired) electrons. The van der Waals surface area contributed by atoms with E-state index in [4.69, 9.17) is 4.84 Å². The van der Waals surface area contributed by atoms with Crippen molar-refractivity contribution < 1.29 is 23.9 Å². The molecule has 6 heteroatoms. The molecule has 0 N–H and O–H groups in total. The molecular formula is C18H17NO5. The Morgan fingerprint density at radius 1 is 0.875 bits per heavy atom. The third-order valence-corrected chi connectivity index (χ3v) is 3.21. The number of ether oxygens (including phenoxy) is 2. The number of hydrogen-bond acceptors (Lipinski definition) is 6. The normalized spacial score (nSPS) is 10.4. The summed E-state index contributed by atoms with van der Waals surface area (Å²) in [4.78, 5) is 27.8. The number of carbonyl (C=O) groups excluding carboxylic acids is 2. The molecule has 0 spiro atoms. The highest BCUT2D eigenvalue weighted by atomic mass is 16.6. The summed E-state index contributed by atoms with van der Waals surface area (Å²) in [6.07, 6.45) is 1.55. The zero-order valence-corrected chi connectivity index (χ0v) is 13.4. The van der Waals surface area contributed by atoms with Crippen molar-refractivity contribution in [3.8, 4) is 0 Å². The molecule has 0 aliphatic rings. The molecule has 2 rings (SSSR count). The predicted octanol–water partition coefficient (Wildman–Crippen LogP) is 2.81. The lowest BCUT2D eigenvalue weighted by Gasteiger charge is -2.02. The summed E-state index contributed by atoms with van der Waals surface area (Å²) in [5, 5.41) is 3.87. The van der Waals surface area contributed by atoms with Crippen LogP contribution in [0.2, 0.25) is 0 Å². The fourth-order valence-electron chi connectivity index (χ4n) is 1.89. The van der Waals surface area contributed by atoms with Gasteiger partial charge in [-0.05, 0) is 35.4 Å². The molecule has 0 bridgehead atoms. The molecule has 2 aromatic carbocycles. The monoisotopic (exact) mass is 327 g/mol. The molecule has 24 heavy (non-hydrogen) atoms. The van der Waals surface area contributed by atoms with Crippen LogP contribution in [0.3, 0.4) is 0 Å². The van der Waals surface area contributed by atoms with Gasteiger partial charge in [-0.1, -0.05) is 29.4 Å². The van der Waals surface area contributed by atoms with Crippen molar-refractivity contribution in [3.05, 3.63) is 70.8 Å². The fraction of sp³-hybridized carbons (Fsp3) is 0.167. The van der Waals surface area contributed by atoms with Crippen LogP contribution in [-0.4, -0.2) is 32.4 Å². The minimum atomic E-state index is -0.384. The highest BCUT2D eigenvalue weighted by Crippen LogP contribution is 2.08. The smallest absolute Gasteiger partial charge is 0.337 e. The van der Waals surface area contributed by atoms with Gasteiger partial charge in [-0.25, -0.2) is 9.59 Å². The third-order valence-electron chi connectivity index (χ3n) is 3.21. The van der Waals surface area contributed by atoms with Gasteiger partial charge in [0.2, 0.25) is 0 Å². The molecule has 0 saturated carbocycles. The maximum atomic E-state index is 11.3. The molecular weight excluding hydrogens is 310 g/mol. The zero-order valence-electron chi connectivity index (χ0n) is 13.4. The van der Waals surface area contributed by atoms with Crippen molar-refractivity contribution in [1.82, 2.24) is 0 Å². The van der Waals surface area contributed by atoms with Crippen molar-refractivity contribution in [2.75, 3.05) is 14.2 Å². The van der Waals surface area contributed by atoms with Crippen molar-refractivity contribution >= 4 is 18.2 Å². The van der Waals surface area contributed by atoms with Gasteiger partial charge in [-0.15, -0.1) is 0 Å². The van der Waals surface area contributed by atoms with Gasteiger partial charge in [-0.3, -0.25) is 0 Å². The third kappa shape index (κ3) is 4.67. The van der Waals surface area contributed by atoms with Gasteiger partial charge in [0, 0.05) is 0 Å². The van der Waals surface area contributed by atoms with Crippen LogP contribution in [0.4, 0.5) is 0 Å². The molecule has 0 heterocycles. The second-order valence-corrected chi connectivity index (χ2v) is 4.81. The van der Waals surface area contributed by atoms with E-state index < -0.39 is 0 Å². The summed E-state index contributed by atoms with van der Waals surface area (Å²) in [5.41, 5.74) is 2.63. The van der Waals surface area contributed by atoms with Crippen LogP contribution in [0.1, 0.15) is 31.8 Å². The molecule has 0 unspecified atom stereocenters. The van der Waals surface area contributed by atoms with E-state index in [2.05, 4.69) is 14.6 Å². The molecule has 0 amide bonds. The molecule has 0 aliphatic carbocycles. The van der Waals surface area contributed by atoms with Gasteiger partial charge in [-0.2, -0.15) is 0 Å². The van der Waals surface area contributed by atoms with Crippen molar-refractivity contribution in [1.29, 1.82) is 0 Å². The van der Waals surface area contributed by atoms with E-state index in [1.54, 1.807) is 54.7 Å². The average molecular weight is 327 g/mol. The van der Waals surface area contributed by atoms with Gasteiger partial charge >= 0.3 is 11.9 Å². The highest BCUT2D eigenvalue weighted by molar-refractivity contribution is 5.90.